The van der Waals surface area contributed by atoms with Crippen molar-refractivity contribution in [2.45, 2.75) is 37.5 Å². The molecule has 2 aliphatic carbocycles. The summed E-state index contributed by atoms with van der Waals surface area (Å²) in [6, 6.07) is 72.2. The van der Waals surface area contributed by atoms with Gasteiger partial charge in [-0.3, -0.25) is 0 Å². The van der Waals surface area contributed by atoms with Crippen molar-refractivity contribution in [1.29, 1.82) is 0 Å². The molecule has 3 heteroatoms. The molecule has 0 bridgehead atoms. The summed E-state index contributed by atoms with van der Waals surface area (Å²) in [5.41, 5.74) is 19.9. The van der Waals surface area contributed by atoms with Crippen LogP contribution < -0.4 is 0 Å². The molecule has 0 saturated heterocycles. The first-order valence-electron chi connectivity index (χ1n) is 22.5. The number of hydrogen-bond donors (Lipinski definition) is 0. The highest BCUT2D eigenvalue weighted by atomic mass is 16.3. The molecule has 12 aromatic rings. The number of aromatic nitrogens is 2. The summed E-state index contributed by atoms with van der Waals surface area (Å²) in [6.45, 7) is 0. The first-order valence-corrected chi connectivity index (χ1v) is 22.5. The molecular formula is C60H42N2O. The van der Waals surface area contributed by atoms with Gasteiger partial charge in [0.2, 0.25) is 0 Å². The Labute approximate surface area is 365 Å². The van der Waals surface area contributed by atoms with Gasteiger partial charge in [-0.2, -0.15) is 0 Å². The summed E-state index contributed by atoms with van der Waals surface area (Å²) in [4.78, 5) is 0. The molecular weight excluding hydrogens is 765 g/mol. The van der Waals surface area contributed by atoms with Crippen molar-refractivity contribution < 1.29 is 4.42 Å². The van der Waals surface area contributed by atoms with Gasteiger partial charge in [0, 0.05) is 49.1 Å². The van der Waals surface area contributed by atoms with Crippen molar-refractivity contribution in [3.63, 3.8) is 0 Å². The van der Waals surface area contributed by atoms with E-state index in [1.165, 1.54) is 126 Å². The Morgan fingerprint density at radius 2 is 0.937 bits per heavy atom. The molecule has 14 rings (SSSR count). The van der Waals surface area contributed by atoms with Gasteiger partial charge in [0.15, 0.2) is 0 Å². The van der Waals surface area contributed by atoms with Crippen molar-refractivity contribution in [3.05, 3.63) is 205 Å². The predicted molar refractivity (Wildman–Crippen MR) is 263 cm³/mol. The highest BCUT2D eigenvalue weighted by Gasteiger charge is 2.44. The number of furan rings is 1. The first-order chi connectivity index (χ1) is 31.2. The number of benzene rings is 9. The minimum atomic E-state index is -0.000423. The van der Waals surface area contributed by atoms with Gasteiger partial charge in [0.1, 0.15) is 11.2 Å². The van der Waals surface area contributed by atoms with Gasteiger partial charge in [-0.1, -0.05) is 135 Å². The Morgan fingerprint density at radius 1 is 0.333 bits per heavy atom. The van der Waals surface area contributed by atoms with Crippen molar-refractivity contribution in [1.82, 2.24) is 9.13 Å². The summed E-state index contributed by atoms with van der Waals surface area (Å²) < 4.78 is 11.1. The van der Waals surface area contributed by atoms with Crippen LogP contribution in [0.25, 0.3) is 110 Å². The van der Waals surface area contributed by atoms with Gasteiger partial charge in [-0.15, -0.1) is 0 Å². The van der Waals surface area contributed by atoms with Crippen LogP contribution in [0.3, 0.4) is 0 Å². The maximum absolute atomic E-state index is 6.22. The smallest absolute Gasteiger partial charge is 0.135 e. The fourth-order valence-electron chi connectivity index (χ4n) is 11.8. The molecule has 1 saturated carbocycles. The molecule has 0 radical (unpaired) electrons. The Bertz CT molecular complexity index is 3830. The SMILES string of the molecule is c1ccc(-c2cccc(-n3c4ccccc4c4cc5c(cc43)-c3ccc(-c4ccc6c(c4)c4ccccc4n6-c4ccc6oc7ccccc7c6c4)cc3C53CCCCC3)c2)cc1. The number of fused-ring (bicyclic) bond motifs is 14. The lowest BCUT2D eigenvalue weighted by molar-refractivity contribution is 0.353. The number of para-hydroxylation sites is 3. The number of hydrogen-bond acceptors (Lipinski definition) is 1. The second-order valence-corrected chi connectivity index (χ2v) is 18.0. The predicted octanol–water partition coefficient (Wildman–Crippen LogP) is 16.3. The summed E-state index contributed by atoms with van der Waals surface area (Å²) >= 11 is 0. The lowest BCUT2D eigenvalue weighted by Gasteiger charge is -2.36. The standard InChI is InChI=1S/C60H42N2O/c1-3-14-38(15-4-1)39-16-13-17-42(32-39)62-55-22-9-6-19-46(55)50-36-53-48(37-57(50)62)44-27-24-41(34-52(44)60(53)30-11-2-12-31-60)40-25-28-56-49(33-40)45-18-5-8-21-54(45)61(56)43-26-29-59-51(35-43)47-20-7-10-23-58(47)63-59/h1,3-10,13-29,32-37H,2,11-12,30-31H2. The third kappa shape index (κ3) is 5.02. The Hall–Kier alpha value is -7.62. The second kappa shape index (κ2) is 13.2. The van der Waals surface area contributed by atoms with E-state index in [4.69, 9.17) is 4.42 Å². The van der Waals surface area contributed by atoms with E-state index < -0.39 is 0 Å². The molecule has 9 aromatic carbocycles. The van der Waals surface area contributed by atoms with E-state index in [2.05, 4.69) is 197 Å². The zero-order valence-corrected chi connectivity index (χ0v) is 34.8. The summed E-state index contributed by atoms with van der Waals surface area (Å²) in [7, 11) is 0. The van der Waals surface area contributed by atoms with Gasteiger partial charge >= 0.3 is 0 Å². The monoisotopic (exact) mass is 806 g/mol. The molecule has 63 heavy (non-hydrogen) atoms. The van der Waals surface area contributed by atoms with E-state index in [1.54, 1.807) is 0 Å². The van der Waals surface area contributed by atoms with Crippen LogP contribution >= 0.6 is 0 Å². The van der Waals surface area contributed by atoms with Crippen molar-refractivity contribution in [2.75, 3.05) is 0 Å². The molecule has 2 aliphatic rings. The molecule has 0 unspecified atom stereocenters. The van der Waals surface area contributed by atoms with Gasteiger partial charge in [-0.25, -0.2) is 0 Å². The fraction of sp³-hybridized carbons (Fsp3) is 0.100. The molecule has 0 N–H and O–H groups in total. The van der Waals surface area contributed by atoms with Crippen molar-refractivity contribution in [3.8, 4) is 44.8 Å². The molecule has 0 aliphatic heterocycles. The van der Waals surface area contributed by atoms with Crippen molar-refractivity contribution in [2.24, 2.45) is 0 Å². The zero-order chi connectivity index (χ0) is 41.2. The summed E-state index contributed by atoms with van der Waals surface area (Å²) in [6.07, 6.45) is 6.17. The average molecular weight is 807 g/mol. The average Bonchev–Trinajstić information content (AvgIpc) is 4.06. The third-order valence-corrected chi connectivity index (χ3v) is 14.7. The van der Waals surface area contributed by atoms with Crippen LogP contribution in [-0.4, -0.2) is 9.13 Å². The first kappa shape index (κ1) is 35.0. The van der Waals surface area contributed by atoms with Crippen molar-refractivity contribution >= 4 is 65.6 Å². The van der Waals surface area contributed by atoms with E-state index >= 15 is 0 Å². The van der Waals surface area contributed by atoms with Gasteiger partial charge in [0.25, 0.3) is 0 Å². The van der Waals surface area contributed by atoms with Crippen LogP contribution in [0.2, 0.25) is 0 Å². The topological polar surface area (TPSA) is 23.0 Å². The molecule has 298 valence electrons. The molecule has 1 spiro atoms. The lowest BCUT2D eigenvalue weighted by Crippen LogP contribution is -2.28. The third-order valence-electron chi connectivity index (χ3n) is 14.7. The normalized spacial score (nSPS) is 14.5. The largest absolute Gasteiger partial charge is 0.456 e. The number of rotatable bonds is 4. The Kier molecular flexibility index (Phi) is 7.33. The Balaban J connectivity index is 0.933. The Morgan fingerprint density at radius 3 is 1.76 bits per heavy atom. The molecule has 3 aromatic heterocycles. The van der Waals surface area contributed by atoms with Gasteiger partial charge in [0.05, 0.1) is 22.1 Å². The molecule has 0 amide bonds. The molecule has 3 heterocycles. The maximum atomic E-state index is 6.22. The number of nitrogens with zero attached hydrogens (tertiary/aromatic N) is 2. The van der Waals surface area contributed by atoms with E-state index in [-0.39, 0.29) is 5.41 Å². The van der Waals surface area contributed by atoms with Crippen LogP contribution in [0, 0.1) is 0 Å². The van der Waals surface area contributed by atoms with Crippen LogP contribution in [0.5, 0.6) is 0 Å². The fourth-order valence-corrected chi connectivity index (χ4v) is 11.8. The lowest BCUT2D eigenvalue weighted by atomic mass is 9.67. The van der Waals surface area contributed by atoms with Crippen LogP contribution in [0.4, 0.5) is 0 Å². The van der Waals surface area contributed by atoms with Crippen LogP contribution in [0.1, 0.15) is 43.2 Å². The maximum Gasteiger partial charge on any atom is 0.135 e. The second-order valence-electron chi connectivity index (χ2n) is 18.0. The van der Waals surface area contributed by atoms with E-state index in [0.717, 1.165) is 27.6 Å². The van der Waals surface area contributed by atoms with E-state index in [1.807, 2.05) is 6.07 Å². The molecule has 3 nitrogen and oxygen atoms in total. The van der Waals surface area contributed by atoms with Gasteiger partial charge < -0.3 is 13.6 Å². The molecule has 0 atom stereocenters. The van der Waals surface area contributed by atoms with Crippen LogP contribution in [0.15, 0.2) is 199 Å². The summed E-state index contributed by atoms with van der Waals surface area (Å²) in [5.74, 6) is 0. The van der Waals surface area contributed by atoms with Crippen LogP contribution in [-0.2, 0) is 5.41 Å². The minimum Gasteiger partial charge on any atom is -0.456 e. The highest BCUT2D eigenvalue weighted by Crippen LogP contribution is 2.58. The van der Waals surface area contributed by atoms with E-state index in [0.29, 0.717) is 0 Å². The minimum absolute atomic E-state index is 0.000423. The summed E-state index contributed by atoms with van der Waals surface area (Å²) in [5, 5.41) is 7.47. The molecule has 1 fully saturated rings. The quantitative estimate of drug-likeness (QED) is 0.174. The highest BCUT2D eigenvalue weighted by molar-refractivity contribution is 6.13. The zero-order valence-electron chi connectivity index (χ0n) is 34.8. The van der Waals surface area contributed by atoms with E-state index in [9.17, 15) is 0 Å². The van der Waals surface area contributed by atoms with Gasteiger partial charge in [-0.05, 0) is 136 Å².